The van der Waals surface area contributed by atoms with Gasteiger partial charge in [-0.15, -0.1) is 0 Å². The van der Waals surface area contributed by atoms with Crippen LogP contribution < -0.4 is 4.74 Å². The standard InChI is InChI=1S/C26H36N2O4/c1-26(10-11-26)32-25(30)28-14-7-20(8-15-28)23-18-21(23)9-16-31-22-5-3-19(4-6-22)17-24(29)27-12-2-13-27/h3-6,20-21,23H,2,7-18H2,1H3/t21-,23+/m1/s1. The summed E-state index contributed by atoms with van der Waals surface area (Å²) in [5.41, 5.74) is 0.875. The molecule has 2 saturated carbocycles. The van der Waals surface area contributed by atoms with Gasteiger partial charge in [-0.05, 0) is 87.3 Å². The Hall–Kier alpha value is -2.24. The molecule has 0 bridgehead atoms. The summed E-state index contributed by atoms with van der Waals surface area (Å²) >= 11 is 0. The van der Waals surface area contributed by atoms with Gasteiger partial charge in [0.2, 0.25) is 5.91 Å². The fraction of sp³-hybridized carbons (Fsp3) is 0.692. The van der Waals surface area contributed by atoms with Crippen LogP contribution in [0.1, 0.15) is 57.4 Å². The Bertz CT molecular complexity index is 823. The second kappa shape index (κ2) is 8.95. The molecule has 5 rings (SSSR count). The number of nitrogens with zero attached hydrogens (tertiary/aromatic N) is 2. The molecule has 6 heteroatoms. The molecule has 0 radical (unpaired) electrons. The van der Waals surface area contributed by atoms with Crippen molar-refractivity contribution in [2.75, 3.05) is 32.8 Å². The van der Waals surface area contributed by atoms with Crippen molar-refractivity contribution in [1.82, 2.24) is 9.80 Å². The van der Waals surface area contributed by atoms with Gasteiger partial charge in [0.1, 0.15) is 11.4 Å². The predicted octanol–water partition coefficient (Wildman–Crippen LogP) is 4.27. The van der Waals surface area contributed by atoms with E-state index < -0.39 is 0 Å². The average Bonchev–Trinajstić information content (AvgIpc) is 3.66. The quantitative estimate of drug-likeness (QED) is 0.606. The number of hydrogen-bond acceptors (Lipinski definition) is 4. The van der Waals surface area contributed by atoms with Gasteiger partial charge in [-0.3, -0.25) is 4.79 Å². The average molecular weight is 441 g/mol. The summed E-state index contributed by atoms with van der Waals surface area (Å²) in [5, 5.41) is 0. The summed E-state index contributed by atoms with van der Waals surface area (Å²) in [6, 6.07) is 7.99. The Morgan fingerprint density at radius 1 is 1.03 bits per heavy atom. The smallest absolute Gasteiger partial charge is 0.410 e. The Morgan fingerprint density at radius 3 is 2.38 bits per heavy atom. The van der Waals surface area contributed by atoms with Gasteiger partial charge in [0, 0.05) is 26.2 Å². The van der Waals surface area contributed by atoms with Crippen molar-refractivity contribution in [3.63, 3.8) is 0 Å². The molecule has 2 aliphatic heterocycles. The Morgan fingerprint density at radius 2 is 1.75 bits per heavy atom. The molecule has 0 spiro atoms. The minimum atomic E-state index is -0.179. The topological polar surface area (TPSA) is 59.1 Å². The highest BCUT2D eigenvalue weighted by Gasteiger charge is 2.45. The second-order valence-electron chi connectivity index (χ2n) is 10.5. The molecule has 0 N–H and O–H groups in total. The predicted molar refractivity (Wildman–Crippen MR) is 121 cm³/mol. The lowest BCUT2D eigenvalue weighted by molar-refractivity contribution is -0.133. The van der Waals surface area contributed by atoms with E-state index in [4.69, 9.17) is 9.47 Å². The Balaban J connectivity index is 0.973. The van der Waals surface area contributed by atoms with E-state index in [1.807, 2.05) is 41.0 Å². The van der Waals surface area contributed by atoms with Crippen LogP contribution in [-0.2, 0) is 16.0 Å². The summed E-state index contributed by atoms with van der Waals surface area (Å²) in [6.07, 6.45) is 8.12. The minimum Gasteiger partial charge on any atom is -0.494 e. The number of hydrogen-bond donors (Lipinski definition) is 0. The van der Waals surface area contributed by atoms with Crippen LogP contribution in [0, 0.1) is 17.8 Å². The van der Waals surface area contributed by atoms with Gasteiger partial charge < -0.3 is 19.3 Å². The molecule has 4 fully saturated rings. The van der Waals surface area contributed by atoms with Gasteiger partial charge in [-0.2, -0.15) is 0 Å². The van der Waals surface area contributed by atoms with E-state index in [0.29, 0.717) is 6.42 Å². The summed E-state index contributed by atoms with van der Waals surface area (Å²) < 4.78 is 11.6. The zero-order valence-corrected chi connectivity index (χ0v) is 19.3. The lowest BCUT2D eigenvalue weighted by atomic mass is 9.91. The molecular weight excluding hydrogens is 404 g/mol. The normalized spacial score (nSPS) is 26.3. The van der Waals surface area contributed by atoms with Gasteiger partial charge in [0.05, 0.1) is 13.0 Å². The molecule has 2 saturated heterocycles. The van der Waals surface area contributed by atoms with Crippen LogP contribution in [0.4, 0.5) is 4.79 Å². The number of piperidine rings is 1. The molecule has 2 heterocycles. The molecule has 2 atom stereocenters. The number of carbonyl (C=O) groups excluding carboxylic acids is 2. The maximum Gasteiger partial charge on any atom is 0.410 e. The van der Waals surface area contributed by atoms with Gasteiger partial charge >= 0.3 is 6.09 Å². The third-order valence-corrected chi connectivity index (χ3v) is 7.91. The number of likely N-dealkylation sites (tertiary alicyclic amines) is 2. The highest BCUT2D eigenvalue weighted by atomic mass is 16.6. The van der Waals surface area contributed by atoms with Crippen molar-refractivity contribution in [3.8, 4) is 5.75 Å². The molecule has 174 valence electrons. The van der Waals surface area contributed by atoms with Gasteiger partial charge in [-0.1, -0.05) is 12.1 Å². The zero-order valence-electron chi connectivity index (χ0n) is 19.3. The molecule has 4 aliphatic rings. The van der Waals surface area contributed by atoms with Crippen molar-refractivity contribution in [1.29, 1.82) is 0 Å². The van der Waals surface area contributed by atoms with Gasteiger partial charge in [-0.25, -0.2) is 4.79 Å². The summed E-state index contributed by atoms with van der Waals surface area (Å²) in [5.74, 6) is 3.41. The van der Waals surface area contributed by atoms with Crippen molar-refractivity contribution in [3.05, 3.63) is 29.8 Å². The van der Waals surface area contributed by atoms with E-state index in [0.717, 1.165) is 100 Å². The number of rotatable bonds is 8. The SMILES string of the molecule is CC1(OC(=O)N2CCC([C@@H]3C[C@H]3CCOc3ccc(CC(=O)N4CCC4)cc3)CC2)CC1. The third kappa shape index (κ3) is 5.21. The first kappa shape index (κ1) is 21.6. The largest absolute Gasteiger partial charge is 0.494 e. The Kier molecular flexibility index (Phi) is 6.04. The van der Waals surface area contributed by atoms with E-state index in [2.05, 4.69) is 0 Å². The van der Waals surface area contributed by atoms with E-state index in [9.17, 15) is 9.59 Å². The van der Waals surface area contributed by atoms with Crippen molar-refractivity contribution >= 4 is 12.0 Å². The molecule has 2 amide bonds. The number of ether oxygens (including phenoxy) is 2. The lowest BCUT2D eigenvalue weighted by Gasteiger charge is -2.32. The highest BCUT2D eigenvalue weighted by Crippen LogP contribution is 2.50. The molecule has 0 aromatic heterocycles. The fourth-order valence-corrected chi connectivity index (χ4v) is 5.13. The molecule has 1 aromatic rings. The van der Waals surface area contributed by atoms with Crippen LogP contribution in [0.25, 0.3) is 0 Å². The van der Waals surface area contributed by atoms with Crippen LogP contribution in [0.15, 0.2) is 24.3 Å². The number of amides is 2. The third-order valence-electron chi connectivity index (χ3n) is 7.91. The van der Waals surface area contributed by atoms with Gasteiger partial charge in [0.15, 0.2) is 0 Å². The van der Waals surface area contributed by atoms with E-state index in [-0.39, 0.29) is 17.6 Å². The molecular formula is C26H36N2O4. The van der Waals surface area contributed by atoms with Crippen LogP contribution in [0.3, 0.4) is 0 Å². The molecule has 32 heavy (non-hydrogen) atoms. The maximum atomic E-state index is 12.3. The van der Waals surface area contributed by atoms with Crippen LogP contribution in [0.5, 0.6) is 5.75 Å². The minimum absolute atomic E-state index is 0.111. The highest BCUT2D eigenvalue weighted by molar-refractivity contribution is 5.79. The summed E-state index contributed by atoms with van der Waals surface area (Å²) in [6.45, 7) is 6.27. The van der Waals surface area contributed by atoms with E-state index >= 15 is 0 Å². The number of benzene rings is 1. The fourth-order valence-electron chi connectivity index (χ4n) is 5.13. The van der Waals surface area contributed by atoms with Crippen LogP contribution >= 0.6 is 0 Å². The van der Waals surface area contributed by atoms with Crippen LogP contribution in [-0.4, -0.2) is 60.2 Å². The number of carbonyl (C=O) groups is 2. The summed E-state index contributed by atoms with van der Waals surface area (Å²) in [4.78, 5) is 28.2. The first-order chi connectivity index (χ1) is 15.5. The van der Waals surface area contributed by atoms with Crippen molar-refractivity contribution in [2.45, 2.75) is 63.9 Å². The molecule has 6 nitrogen and oxygen atoms in total. The summed E-state index contributed by atoms with van der Waals surface area (Å²) in [7, 11) is 0. The Labute approximate surface area is 191 Å². The first-order valence-corrected chi connectivity index (χ1v) is 12.5. The van der Waals surface area contributed by atoms with Crippen LogP contribution in [0.2, 0.25) is 0 Å². The molecule has 0 unspecified atom stereocenters. The van der Waals surface area contributed by atoms with E-state index in [1.54, 1.807) is 0 Å². The lowest BCUT2D eigenvalue weighted by Crippen LogP contribution is -2.42. The maximum absolute atomic E-state index is 12.3. The van der Waals surface area contributed by atoms with Crippen molar-refractivity contribution in [2.24, 2.45) is 17.8 Å². The van der Waals surface area contributed by atoms with Crippen molar-refractivity contribution < 1.29 is 19.1 Å². The van der Waals surface area contributed by atoms with E-state index in [1.165, 1.54) is 6.42 Å². The first-order valence-electron chi connectivity index (χ1n) is 12.5. The monoisotopic (exact) mass is 440 g/mol. The second-order valence-corrected chi connectivity index (χ2v) is 10.5. The zero-order chi connectivity index (χ0) is 22.1. The van der Waals surface area contributed by atoms with Gasteiger partial charge in [0.25, 0.3) is 0 Å². The molecule has 1 aromatic carbocycles. The molecule has 2 aliphatic carbocycles.